The normalized spacial score (nSPS) is 35.2. The number of sulfone groups is 2. The van der Waals surface area contributed by atoms with E-state index in [0.29, 0.717) is 0 Å². The Balaban J connectivity index is 3.01. The highest BCUT2D eigenvalue weighted by molar-refractivity contribution is 7.96. The van der Waals surface area contributed by atoms with Crippen molar-refractivity contribution in [3.63, 3.8) is 0 Å². The van der Waals surface area contributed by atoms with E-state index in [0.717, 1.165) is 6.26 Å². The van der Waals surface area contributed by atoms with Crippen LogP contribution in [0, 0.1) is 0 Å². The fraction of sp³-hybridized carbons (Fsp3) is 1.00. The third kappa shape index (κ3) is 1.96. The largest absolute Gasteiger partial charge is 0.391 e. The molecule has 1 fully saturated rings. The zero-order chi connectivity index (χ0) is 9.57. The highest BCUT2D eigenvalue weighted by Gasteiger charge is 2.42. The minimum atomic E-state index is -3.45. The van der Waals surface area contributed by atoms with E-state index < -0.39 is 42.5 Å². The van der Waals surface area contributed by atoms with Gasteiger partial charge in [-0.2, -0.15) is 0 Å². The quantitative estimate of drug-likeness (QED) is 0.555. The maximum Gasteiger partial charge on any atom is 0.154 e. The van der Waals surface area contributed by atoms with Crippen molar-refractivity contribution in [1.82, 2.24) is 0 Å². The van der Waals surface area contributed by atoms with E-state index >= 15 is 0 Å². The molecule has 1 heterocycles. The Morgan fingerprint density at radius 2 is 1.83 bits per heavy atom. The number of hydrogen-bond acceptors (Lipinski definition) is 5. The second kappa shape index (κ2) is 2.68. The summed E-state index contributed by atoms with van der Waals surface area (Å²) in [5, 5.41) is 7.97. The summed E-state index contributed by atoms with van der Waals surface area (Å²) in [6, 6.07) is 0. The molecule has 0 aromatic carbocycles. The van der Waals surface area contributed by atoms with Crippen LogP contribution < -0.4 is 0 Å². The number of aliphatic hydroxyl groups excluding tert-OH is 1. The monoisotopic (exact) mass is 214 g/mol. The molecule has 0 aliphatic carbocycles. The van der Waals surface area contributed by atoms with Crippen molar-refractivity contribution in [3.8, 4) is 0 Å². The van der Waals surface area contributed by atoms with Crippen molar-refractivity contribution in [2.45, 2.75) is 11.4 Å². The van der Waals surface area contributed by atoms with Crippen molar-refractivity contribution >= 4 is 19.7 Å². The lowest BCUT2D eigenvalue weighted by molar-refractivity contribution is 0.204. The first-order chi connectivity index (χ1) is 5.22. The number of aliphatic hydroxyl groups is 1. The Labute approximate surface area is 71.2 Å². The Kier molecular flexibility index (Phi) is 2.22. The van der Waals surface area contributed by atoms with Gasteiger partial charge in [0.25, 0.3) is 0 Å². The first-order valence-electron chi connectivity index (χ1n) is 3.30. The standard InChI is InChI=1S/C5H10O5S2/c1-11(7,8)5-3-12(9,10)2-4(5)6/h4-6H,2-3H2,1H3/t4-,5-/m0/s1. The lowest BCUT2D eigenvalue weighted by atomic mass is 10.3. The van der Waals surface area contributed by atoms with Gasteiger partial charge in [-0.1, -0.05) is 0 Å². The van der Waals surface area contributed by atoms with Crippen molar-refractivity contribution in [2.75, 3.05) is 17.8 Å². The molecular weight excluding hydrogens is 204 g/mol. The molecule has 0 unspecified atom stereocenters. The molecule has 0 radical (unpaired) electrons. The molecule has 1 aliphatic heterocycles. The van der Waals surface area contributed by atoms with Crippen LogP contribution in [0.1, 0.15) is 0 Å². The predicted molar refractivity (Wildman–Crippen MR) is 43.3 cm³/mol. The summed E-state index contributed by atoms with van der Waals surface area (Å²) in [4.78, 5) is 0. The summed E-state index contributed by atoms with van der Waals surface area (Å²) in [5.41, 5.74) is 0. The van der Waals surface area contributed by atoms with Crippen LogP contribution in [0.3, 0.4) is 0 Å². The topological polar surface area (TPSA) is 88.5 Å². The Hall–Kier alpha value is -0.140. The molecule has 7 heteroatoms. The molecule has 0 saturated carbocycles. The fourth-order valence-electron chi connectivity index (χ4n) is 1.21. The van der Waals surface area contributed by atoms with Crippen LogP contribution in [0.25, 0.3) is 0 Å². The average molecular weight is 214 g/mol. The molecule has 1 rings (SSSR count). The summed E-state index contributed by atoms with van der Waals surface area (Å²) in [5.74, 6) is -0.891. The molecule has 0 amide bonds. The molecule has 1 N–H and O–H groups in total. The van der Waals surface area contributed by atoms with Crippen LogP contribution in [0.2, 0.25) is 0 Å². The fourth-order valence-corrected chi connectivity index (χ4v) is 5.22. The summed E-state index contributed by atoms with van der Waals surface area (Å²) >= 11 is 0. The molecule has 72 valence electrons. The molecule has 0 spiro atoms. The van der Waals surface area contributed by atoms with E-state index in [-0.39, 0.29) is 0 Å². The predicted octanol–water partition coefficient (Wildman–Crippen LogP) is -1.81. The zero-order valence-electron chi connectivity index (χ0n) is 6.47. The van der Waals surface area contributed by atoms with E-state index in [1.54, 1.807) is 0 Å². The van der Waals surface area contributed by atoms with Crippen LogP contribution in [0.15, 0.2) is 0 Å². The second-order valence-electron chi connectivity index (χ2n) is 3.01. The summed E-state index contributed by atoms with van der Waals surface area (Å²) < 4.78 is 43.6. The summed E-state index contributed by atoms with van der Waals surface area (Å²) in [6.45, 7) is 0. The van der Waals surface area contributed by atoms with Gasteiger partial charge in [0.2, 0.25) is 0 Å². The molecule has 12 heavy (non-hydrogen) atoms. The molecule has 5 nitrogen and oxygen atoms in total. The maximum absolute atomic E-state index is 10.9. The molecule has 2 atom stereocenters. The Morgan fingerprint density at radius 1 is 1.33 bits per heavy atom. The van der Waals surface area contributed by atoms with Gasteiger partial charge in [-0.15, -0.1) is 0 Å². The van der Waals surface area contributed by atoms with E-state index in [2.05, 4.69) is 0 Å². The smallest absolute Gasteiger partial charge is 0.154 e. The van der Waals surface area contributed by atoms with Gasteiger partial charge < -0.3 is 5.11 Å². The van der Waals surface area contributed by atoms with Crippen LogP contribution in [0.4, 0.5) is 0 Å². The number of rotatable bonds is 1. The third-order valence-electron chi connectivity index (χ3n) is 1.82. The first-order valence-corrected chi connectivity index (χ1v) is 7.07. The minimum absolute atomic E-state index is 0.440. The summed E-state index contributed by atoms with van der Waals surface area (Å²) in [6.07, 6.45) is -0.327. The van der Waals surface area contributed by atoms with E-state index in [1.807, 2.05) is 0 Å². The maximum atomic E-state index is 10.9. The second-order valence-corrected chi connectivity index (χ2v) is 7.43. The molecule has 0 aromatic heterocycles. The SMILES string of the molecule is CS(=O)(=O)[C@H]1CS(=O)(=O)C[C@@H]1O. The van der Waals surface area contributed by atoms with Gasteiger partial charge in [-0.3, -0.25) is 0 Å². The molecule has 0 bridgehead atoms. The Morgan fingerprint density at radius 3 is 2.00 bits per heavy atom. The van der Waals surface area contributed by atoms with E-state index in [1.165, 1.54) is 0 Å². The van der Waals surface area contributed by atoms with Crippen molar-refractivity contribution in [3.05, 3.63) is 0 Å². The molecule has 0 aromatic rings. The lowest BCUT2D eigenvalue weighted by Gasteiger charge is -2.08. The van der Waals surface area contributed by atoms with Crippen molar-refractivity contribution in [2.24, 2.45) is 0 Å². The van der Waals surface area contributed by atoms with Gasteiger partial charge in [-0.25, -0.2) is 16.8 Å². The average Bonchev–Trinajstić information content (AvgIpc) is 2.03. The van der Waals surface area contributed by atoms with Gasteiger partial charge in [0.15, 0.2) is 19.7 Å². The first kappa shape index (κ1) is 9.94. The van der Waals surface area contributed by atoms with Gasteiger partial charge in [0.1, 0.15) is 5.25 Å². The zero-order valence-corrected chi connectivity index (χ0v) is 8.10. The summed E-state index contributed by atoms with van der Waals surface area (Å²) in [7, 11) is -6.81. The van der Waals surface area contributed by atoms with E-state index in [4.69, 9.17) is 5.11 Å². The van der Waals surface area contributed by atoms with Crippen LogP contribution >= 0.6 is 0 Å². The Bertz CT molecular complexity index is 365. The van der Waals surface area contributed by atoms with Gasteiger partial charge >= 0.3 is 0 Å². The lowest BCUT2D eigenvalue weighted by Crippen LogP contribution is -2.31. The molecule has 1 aliphatic rings. The minimum Gasteiger partial charge on any atom is -0.391 e. The van der Waals surface area contributed by atoms with Crippen LogP contribution in [-0.2, 0) is 19.7 Å². The van der Waals surface area contributed by atoms with Crippen molar-refractivity contribution < 1.29 is 21.9 Å². The van der Waals surface area contributed by atoms with Gasteiger partial charge in [0.05, 0.1) is 17.6 Å². The highest BCUT2D eigenvalue weighted by Crippen LogP contribution is 2.18. The van der Waals surface area contributed by atoms with Crippen LogP contribution in [-0.4, -0.2) is 51.1 Å². The molecular formula is C5H10O5S2. The molecule has 1 saturated heterocycles. The highest BCUT2D eigenvalue weighted by atomic mass is 32.2. The van der Waals surface area contributed by atoms with Gasteiger partial charge in [-0.05, 0) is 0 Å². The van der Waals surface area contributed by atoms with E-state index in [9.17, 15) is 16.8 Å². The van der Waals surface area contributed by atoms with Crippen molar-refractivity contribution in [1.29, 1.82) is 0 Å². The van der Waals surface area contributed by atoms with Gasteiger partial charge in [0, 0.05) is 6.26 Å². The number of hydrogen-bond donors (Lipinski definition) is 1. The van der Waals surface area contributed by atoms with Crippen LogP contribution in [0.5, 0.6) is 0 Å². The third-order valence-corrected chi connectivity index (χ3v) is 5.33.